The van der Waals surface area contributed by atoms with Gasteiger partial charge in [0.2, 0.25) is 11.8 Å². The molecule has 0 aliphatic carbocycles. The molecule has 0 unspecified atom stereocenters. The molecule has 0 fully saturated rings. The Hall–Kier alpha value is -1.10. The Morgan fingerprint density at radius 3 is 1.30 bits per heavy atom. The standard InChI is InChI=1S/C28H56N2O3/c1-11-13-15-25(31)29(17-23(3)4)19-27(7,8)21-33-22-28(9,10)20-30(18-24(5)6)26(32)16-14-12-2/h23-24H,11-22H2,1-10H3. The third kappa shape index (κ3) is 15.4. The number of unbranched alkanes of at least 4 members (excludes halogenated alkanes) is 2. The highest BCUT2D eigenvalue weighted by Gasteiger charge is 2.29. The molecule has 0 bridgehead atoms. The zero-order valence-corrected chi connectivity index (χ0v) is 23.8. The molecule has 0 rings (SSSR count). The van der Waals surface area contributed by atoms with Crippen LogP contribution in [0.4, 0.5) is 0 Å². The number of nitrogens with zero attached hydrogens (tertiary/aromatic N) is 2. The lowest BCUT2D eigenvalue weighted by molar-refractivity contribution is -0.134. The minimum atomic E-state index is -0.124. The van der Waals surface area contributed by atoms with Gasteiger partial charge >= 0.3 is 0 Å². The molecule has 0 saturated heterocycles. The molecule has 0 N–H and O–H groups in total. The minimum Gasteiger partial charge on any atom is -0.380 e. The monoisotopic (exact) mass is 468 g/mol. The molecule has 196 valence electrons. The fourth-order valence-electron chi connectivity index (χ4n) is 4.09. The average molecular weight is 469 g/mol. The van der Waals surface area contributed by atoms with E-state index in [1.807, 2.05) is 9.80 Å². The Kier molecular flexibility index (Phi) is 15.2. The summed E-state index contributed by atoms with van der Waals surface area (Å²) in [5, 5.41) is 0. The molecule has 33 heavy (non-hydrogen) atoms. The second-order valence-corrected chi connectivity index (χ2v) is 12.4. The summed E-state index contributed by atoms with van der Waals surface area (Å²) in [5.41, 5.74) is -0.247. The summed E-state index contributed by atoms with van der Waals surface area (Å²) in [6.07, 6.45) is 5.23. The van der Waals surface area contributed by atoms with E-state index >= 15 is 0 Å². The predicted molar refractivity (Wildman–Crippen MR) is 140 cm³/mol. The molecule has 0 aromatic heterocycles. The molecule has 0 aromatic rings. The molecule has 0 aliphatic rings. The normalized spacial score (nSPS) is 12.5. The number of hydrogen-bond acceptors (Lipinski definition) is 3. The molecule has 0 spiro atoms. The zero-order chi connectivity index (χ0) is 25.7. The third-order valence-electron chi connectivity index (χ3n) is 5.59. The smallest absolute Gasteiger partial charge is 0.222 e. The van der Waals surface area contributed by atoms with Crippen LogP contribution in [0.3, 0.4) is 0 Å². The van der Waals surface area contributed by atoms with E-state index in [0.29, 0.717) is 51.0 Å². The lowest BCUT2D eigenvalue weighted by atomic mass is 9.91. The van der Waals surface area contributed by atoms with Crippen LogP contribution in [0, 0.1) is 22.7 Å². The van der Waals surface area contributed by atoms with Gasteiger partial charge in [0.25, 0.3) is 0 Å². The SMILES string of the molecule is CCCCC(=O)N(CC(C)C)CC(C)(C)COCC(C)(C)CN(CC(C)C)C(=O)CCCC. The molecule has 0 heterocycles. The Balaban J connectivity index is 4.93. The van der Waals surface area contributed by atoms with Crippen molar-refractivity contribution in [3.63, 3.8) is 0 Å². The number of hydrogen-bond donors (Lipinski definition) is 0. The van der Waals surface area contributed by atoms with Crippen molar-refractivity contribution >= 4 is 11.8 Å². The van der Waals surface area contributed by atoms with Gasteiger partial charge in [-0.2, -0.15) is 0 Å². The van der Waals surface area contributed by atoms with Crippen LogP contribution in [0.5, 0.6) is 0 Å². The molecule has 5 heteroatoms. The highest BCUT2D eigenvalue weighted by atomic mass is 16.5. The van der Waals surface area contributed by atoms with Crippen molar-refractivity contribution in [3.8, 4) is 0 Å². The maximum absolute atomic E-state index is 12.7. The summed E-state index contributed by atoms with van der Waals surface area (Å²) in [6, 6.07) is 0. The van der Waals surface area contributed by atoms with E-state index in [-0.39, 0.29) is 22.6 Å². The molecule has 0 saturated carbocycles. The van der Waals surface area contributed by atoms with E-state index in [2.05, 4.69) is 69.2 Å². The van der Waals surface area contributed by atoms with E-state index < -0.39 is 0 Å². The quantitative estimate of drug-likeness (QED) is 0.234. The van der Waals surface area contributed by atoms with Crippen LogP contribution in [0.1, 0.15) is 108 Å². The first kappa shape index (κ1) is 31.9. The van der Waals surface area contributed by atoms with Crippen LogP contribution in [-0.2, 0) is 14.3 Å². The van der Waals surface area contributed by atoms with Gasteiger partial charge in [-0.15, -0.1) is 0 Å². The third-order valence-corrected chi connectivity index (χ3v) is 5.59. The van der Waals surface area contributed by atoms with Crippen molar-refractivity contribution in [1.29, 1.82) is 0 Å². The maximum atomic E-state index is 12.7. The first-order valence-corrected chi connectivity index (χ1v) is 13.4. The molecule has 0 radical (unpaired) electrons. The lowest BCUT2D eigenvalue weighted by Crippen LogP contribution is -2.44. The van der Waals surface area contributed by atoms with Crippen LogP contribution in [-0.4, -0.2) is 61.0 Å². The number of carbonyl (C=O) groups is 2. The number of ether oxygens (including phenoxy) is 1. The Morgan fingerprint density at radius 1 is 0.697 bits per heavy atom. The van der Waals surface area contributed by atoms with Crippen LogP contribution in [0.15, 0.2) is 0 Å². The van der Waals surface area contributed by atoms with Gasteiger partial charge in [-0.3, -0.25) is 9.59 Å². The highest BCUT2D eigenvalue weighted by molar-refractivity contribution is 5.76. The molecular weight excluding hydrogens is 412 g/mol. The first-order valence-electron chi connectivity index (χ1n) is 13.4. The van der Waals surface area contributed by atoms with E-state index in [1.165, 1.54) is 0 Å². The molecule has 5 nitrogen and oxygen atoms in total. The largest absolute Gasteiger partial charge is 0.380 e. The Morgan fingerprint density at radius 2 is 1.03 bits per heavy atom. The van der Waals surface area contributed by atoms with E-state index in [1.54, 1.807) is 0 Å². The average Bonchev–Trinajstić information content (AvgIpc) is 2.67. The summed E-state index contributed by atoms with van der Waals surface area (Å²) >= 11 is 0. The lowest BCUT2D eigenvalue weighted by Gasteiger charge is -2.36. The van der Waals surface area contributed by atoms with Crippen LogP contribution in [0.2, 0.25) is 0 Å². The summed E-state index contributed by atoms with van der Waals surface area (Å²) in [7, 11) is 0. The van der Waals surface area contributed by atoms with Crippen molar-refractivity contribution in [2.75, 3.05) is 39.4 Å². The van der Waals surface area contributed by atoms with Crippen molar-refractivity contribution in [2.45, 2.75) is 108 Å². The number of carbonyl (C=O) groups excluding carboxylic acids is 2. The second-order valence-electron chi connectivity index (χ2n) is 12.4. The van der Waals surface area contributed by atoms with Crippen LogP contribution >= 0.6 is 0 Å². The minimum absolute atomic E-state index is 0.124. The van der Waals surface area contributed by atoms with E-state index in [9.17, 15) is 9.59 Å². The Labute approximate surface area is 206 Å². The van der Waals surface area contributed by atoms with Crippen LogP contribution in [0.25, 0.3) is 0 Å². The summed E-state index contributed by atoms with van der Waals surface area (Å²) in [5.74, 6) is 1.41. The fraction of sp³-hybridized carbons (Fsp3) is 0.929. The van der Waals surface area contributed by atoms with E-state index in [0.717, 1.165) is 38.8 Å². The van der Waals surface area contributed by atoms with Crippen molar-refractivity contribution in [3.05, 3.63) is 0 Å². The zero-order valence-electron chi connectivity index (χ0n) is 23.8. The van der Waals surface area contributed by atoms with Gasteiger partial charge in [-0.1, -0.05) is 82.1 Å². The van der Waals surface area contributed by atoms with Gasteiger partial charge < -0.3 is 14.5 Å². The highest BCUT2D eigenvalue weighted by Crippen LogP contribution is 2.24. The van der Waals surface area contributed by atoms with Gasteiger partial charge in [0, 0.05) is 49.9 Å². The van der Waals surface area contributed by atoms with Crippen molar-refractivity contribution in [2.24, 2.45) is 22.7 Å². The predicted octanol–water partition coefficient (Wildman–Crippen LogP) is 6.41. The molecular formula is C28H56N2O3. The summed E-state index contributed by atoms with van der Waals surface area (Å²) in [4.78, 5) is 29.6. The maximum Gasteiger partial charge on any atom is 0.222 e. The number of amides is 2. The number of rotatable bonds is 18. The first-order chi connectivity index (χ1) is 15.2. The topological polar surface area (TPSA) is 49.9 Å². The van der Waals surface area contributed by atoms with Gasteiger partial charge in [0.05, 0.1) is 13.2 Å². The summed E-state index contributed by atoms with van der Waals surface area (Å²) in [6.45, 7) is 25.8. The van der Waals surface area contributed by atoms with Crippen molar-refractivity contribution in [1.82, 2.24) is 9.80 Å². The fourth-order valence-corrected chi connectivity index (χ4v) is 4.09. The van der Waals surface area contributed by atoms with Gasteiger partial charge in [0.1, 0.15) is 0 Å². The Bertz CT molecular complexity index is 507. The van der Waals surface area contributed by atoms with Crippen LogP contribution < -0.4 is 0 Å². The van der Waals surface area contributed by atoms with Gasteiger partial charge in [-0.05, 0) is 24.7 Å². The van der Waals surface area contributed by atoms with Gasteiger partial charge in [-0.25, -0.2) is 0 Å². The van der Waals surface area contributed by atoms with Crippen molar-refractivity contribution < 1.29 is 14.3 Å². The molecule has 2 amide bonds. The second kappa shape index (κ2) is 15.7. The molecule has 0 aliphatic heterocycles. The molecule has 0 aromatic carbocycles. The summed E-state index contributed by atoms with van der Waals surface area (Å²) < 4.78 is 6.22. The molecule has 0 atom stereocenters. The van der Waals surface area contributed by atoms with Gasteiger partial charge in [0.15, 0.2) is 0 Å². The van der Waals surface area contributed by atoms with E-state index in [4.69, 9.17) is 4.74 Å².